The molecule has 0 radical (unpaired) electrons. The van der Waals surface area contributed by atoms with Crippen molar-refractivity contribution < 1.29 is 4.74 Å². The second-order valence-electron chi connectivity index (χ2n) is 4.95. The molecule has 0 aliphatic heterocycles. The highest BCUT2D eigenvalue weighted by Gasteiger charge is 2.16. The summed E-state index contributed by atoms with van der Waals surface area (Å²) in [6.45, 7) is 0. The standard InChI is InChI=1S/C15H19N3O/c1-19-14-8-4-7-13(11-14)18-10-9-16-15(18)17-12-5-2-3-6-12/h4,7-12H,2-3,5-6H2,1H3,(H,16,17). The van der Waals surface area contributed by atoms with Crippen LogP contribution in [0.1, 0.15) is 25.7 Å². The molecular formula is C15H19N3O. The molecule has 0 unspecified atom stereocenters. The molecule has 4 nitrogen and oxygen atoms in total. The summed E-state index contributed by atoms with van der Waals surface area (Å²) in [5.74, 6) is 1.78. The second kappa shape index (κ2) is 5.34. The number of hydrogen-bond acceptors (Lipinski definition) is 3. The van der Waals surface area contributed by atoms with Crippen LogP contribution >= 0.6 is 0 Å². The van der Waals surface area contributed by atoms with Crippen molar-refractivity contribution in [2.75, 3.05) is 12.4 Å². The van der Waals surface area contributed by atoms with Gasteiger partial charge in [-0.25, -0.2) is 4.98 Å². The Labute approximate surface area is 113 Å². The van der Waals surface area contributed by atoms with Crippen LogP contribution in [-0.4, -0.2) is 22.7 Å². The second-order valence-corrected chi connectivity index (χ2v) is 4.95. The Bertz CT molecular complexity index is 544. The minimum absolute atomic E-state index is 0.562. The summed E-state index contributed by atoms with van der Waals surface area (Å²) < 4.78 is 7.34. The molecule has 0 atom stereocenters. The fraction of sp³-hybridized carbons (Fsp3) is 0.400. The summed E-state index contributed by atoms with van der Waals surface area (Å²) >= 11 is 0. The number of nitrogens with zero attached hydrogens (tertiary/aromatic N) is 2. The predicted molar refractivity (Wildman–Crippen MR) is 76.0 cm³/mol. The molecule has 0 saturated heterocycles. The molecule has 3 rings (SSSR count). The van der Waals surface area contributed by atoms with Crippen LogP contribution in [0.25, 0.3) is 5.69 Å². The summed E-state index contributed by atoms with van der Waals surface area (Å²) in [4.78, 5) is 4.42. The highest BCUT2D eigenvalue weighted by molar-refractivity contribution is 5.45. The van der Waals surface area contributed by atoms with E-state index in [0.717, 1.165) is 17.4 Å². The minimum atomic E-state index is 0.562. The molecule has 1 saturated carbocycles. The van der Waals surface area contributed by atoms with E-state index in [4.69, 9.17) is 4.74 Å². The molecule has 2 aromatic rings. The van der Waals surface area contributed by atoms with Gasteiger partial charge >= 0.3 is 0 Å². The van der Waals surface area contributed by atoms with Crippen LogP contribution in [0.15, 0.2) is 36.7 Å². The Kier molecular flexibility index (Phi) is 3.40. The van der Waals surface area contributed by atoms with Gasteiger partial charge in [0, 0.05) is 24.5 Å². The molecule has 19 heavy (non-hydrogen) atoms. The van der Waals surface area contributed by atoms with Gasteiger partial charge in [-0.05, 0) is 25.0 Å². The average Bonchev–Trinajstić information content (AvgIpc) is 3.11. The monoisotopic (exact) mass is 257 g/mol. The zero-order valence-corrected chi connectivity index (χ0v) is 11.2. The first kappa shape index (κ1) is 12.1. The first-order chi connectivity index (χ1) is 9.36. The molecule has 1 aliphatic rings. The van der Waals surface area contributed by atoms with Crippen LogP contribution < -0.4 is 10.1 Å². The molecule has 0 spiro atoms. The third-order valence-corrected chi connectivity index (χ3v) is 3.66. The highest BCUT2D eigenvalue weighted by Crippen LogP contribution is 2.24. The van der Waals surface area contributed by atoms with E-state index >= 15 is 0 Å². The predicted octanol–water partition coefficient (Wildman–Crippen LogP) is 3.24. The van der Waals surface area contributed by atoms with E-state index in [9.17, 15) is 0 Å². The molecule has 1 aliphatic carbocycles. The number of hydrogen-bond donors (Lipinski definition) is 1. The summed E-state index contributed by atoms with van der Waals surface area (Å²) in [5.41, 5.74) is 1.07. The van der Waals surface area contributed by atoms with Crippen molar-refractivity contribution in [2.24, 2.45) is 0 Å². The lowest BCUT2D eigenvalue weighted by Crippen LogP contribution is -2.17. The maximum atomic E-state index is 5.27. The smallest absolute Gasteiger partial charge is 0.207 e. The molecule has 4 heteroatoms. The van der Waals surface area contributed by atoms with Gasteiger partial charge < -0.3 is 10.1 Å². The Morgan fingerprint density at radius 2 is 2.16 bits per heavy atom. The molecule has 1 heterocycles. The number of nitrogens with one attached hydrogen (secondary N) is 1. The number of imidazole rings is 1. The Balaban J connectivity index is 1.85. The van der Waals surface area contributed by atoms with E-state index in [1.165, 1.54) is 25.7 Å². The van der Waals surface area contributed by atoms with Gasteiger partial charge in [-0.15, -0.1) is 0 Å². The minimum Gasteiger partial charge on any atom is -0.497 e. The SMILES string of the molecule is COc1cccc(-n2ccnc2NC2CCCC2)c1. The molecule has 1 aromatic heterocycles. The van der Waals surface area contributed by atoms with E-state index in [-0.39, 0.29) is 0 Å². The quantitative estimate of drug-likeness (QED) is 0.914. The number of benzene rings is 1. The first-order valence-electron chi connectivity index (χ1n) is 6.81. The number of methoxy groups -OCH3 is 1. The average molecular weight is 257 g/mol. The zero-order valence-electron chi connectivity index (χ0n) is 11.2. The molecule has 0 amide bonds. The lowest BCUT2D eigenvalue weighted by molar-refractivity contribution is 0.414. The Morgan fingerprint density at radius 3 is 2.95 bits per heavy atom. The van der Waals surface area contributed by atoms with Crippen LogP contribution in [-0.2, 0) is 0 Å². The summed E-state index contributed by atoms with van der Waals surface area (Å²) in [7, 11) is 1.69. The fourth-order valence-electron chi connectivity index (χ4n) is 2.63. The largest absolute Gasteiger partial charge is 0.497 e. The van der Waals surface area contributed by atoms with Gasteiger partial charge in [0.25, 0.3) is 0 Å². The van der Waals surface area contributed by atoms with E-state index in [1.54, 1.807) is 7.11 Å². The van der Waals surface area contributed by atoms with Gasteiger partial charge in [-0.1, -0.05) is 18.9 Å². The molecule has 1 fully saturated rings. The maximum Gasteiger partial charge on any atom is 0.207 e. The first-order valence-corrected chi connectivity index (χ1v) is 6.81. The topological polar surface area (TPSA) is 39.1 Å². The van der Waals surface area contributed by atoms with Crippen molar-refractivity contribution in [2.45, 2.75) is 31.7 Å². The normalized spacial score (nSPS) is 15.6. The summed E-state index contributed by atoms with van der Waals surface area (Å²) in [6.07, 6.45) is 8.92. The molecule has 1 N–H and O–H groups in total. The van der Waals surface area contributed by atoms with Gasteiger partial charge in [-0.3, -0.25) is 4.57 Å². The van der Waals surface area contributed by atoms with Crippen molar-refractivity contribution in [3.05, 3.63) is 36.7 Å². The van der Waals surface area contributed by atoms with E-state index in [1.807, 2.05) is 30.6 Å². The molecule has 100 valence electrons. The number of anilines is 1. The number of ether oxygens (including phenoxy) is 1. The van der Waals surface area contributed by atoms with Gasteiger partial charge in [0.05, 0.1) is 12.8 Å². The van der Waals surface area contributed by atoms with E-state index in [2.05, 4.69) is 20.9 Å². The van der Waals surface area contributed by atoms with Crippen LogP contribution in [0, 0.1) is 0 Å². The Morgan fingerprint density at radius 1 is 1.32 bits per heavy atom. The number of aromatic nitrogens is 2. The summed E-state index contributed by atoms with van der Waals surface area (Å²) in [5, 5.41) is 3.54. The molecule has 0 bridgehead atoms. The van der Waals surface area contributed by atoms with Crippen molar-refractivity contribution in [1.29, 1.82) is 0 Å². The third-order valence-electron chi connectivity index (χ3n) is 3.66. The van der Waals surface area contributed by atoms with E-state index in [0.29, 0.717) is 6.04 Å². The van der Waals surface area contributed by atoms with Crippen molar-refractivity contribution >= 4 is 5.95 Å². The fourth-order valence-corrected chi connectivity index (χ4v) is 2.63. The van der Waals surface area contributed by atoms with E-state index < -0.39 is 0 Å². The third kappa shape index (κ3) is 2.57. The Hall–Kier alpha value is -1.97. The highest BCUT2D eigenvalue weighted by atomic mass is 16.5. The van der Waals surface area contributed by atoms with Gasteiger partial charge in [-0.2, -0.15) is 0 Å². The van der Waals surface area contributed by atoms with Crippen LogP contribution in [0.4, 0.5) is 5.95 Å². The van der Waals surface area contributed by atoms with Crippen LogP contribution in [0.5, 0.6) is 5.75 Å². The van der Waals surface area contributed by atoms with Crippen molar-refractivity contribution in [1.82, 2.24) is 9.55 Å². The van der Waals surface area contributed by atoms with Crippen LogP contribution in [0.2, 0.25) is 0 Å². The van der Waals surface area contributed by atoms with Crippen LogP contribution in [0.3, 0.4) is 0 Å². The lowest BCUT2D eigenvalue weighted by atomic mass is 10.2. The van der Waals surface area contributed by atoms with Crippen molar-refractivity contribution in [3.63, 3.8) is 0 Å². The summed E-state index contributed by atoms with van der Waals surface area (Å²) in [6, 6.07) is 8.58. The van der Waals surface area contributed by atoms with Crippen molar-refractivity contribution in [3.8, 4) is 11.4 Å². The molecular weight excluding hydrogens is 238 g/mol. The number of rotatable bonds is 4. The zero-order chi connectivity index (χ0) is 13.1. The van der Waals surface area contributed by atoms with Gasteiger partial charge in [0.1, 0.15) is 5.75 Å². The lowest BCUT2D eigenvalue weighted by Gasteiger charge is -2.15. The molecule has 1 aromatic carbocycles. The van der Waals surface area contributed by atoms with Gasteiger partial charge in [0.15, 0.2) is 0 Å². The maximum absolute atomic E-state index is 5.27. The van der Waals surface area contributed by atoms with Gasteiger partial charge in [0.2, 0.25) is 5.95 Å².